The van der Waals surface area contributed by atoms with Crippen molar-refractivity contribution in [2.75, 3.05) is 4.72 Å². The first kappa shape index (κ1) is 17.3. The van der Waals surface area contributed by atoms with Crippen molar-refractivity contribution in [3.8, 4) is 11.3 Å². The number of nitrogens with one attached hydrogen (secondary N) is 1. The second kappa shape index (κ2) is 6.41. The summed E-state index contributed by atoms with van der Waals surface area (Å²) in [4.78, 5) is 11.4. The summed E-state index contributed by atoms with van der Waals surface area (Å²) in [7, 11) is -2.28. The summed E-state index contributed by atoms with van der Waals surface area (Å²) in [6.07, 6.45) is 0. The lowest BCUT2D eigenvalue weighted by Crippen LogP contribution is -2.18. The van der Waals surface area contributed by atoms with Crippen LogP contribution in [0.15, 0.2) is 50.8 Å². The third-order valence-corrected chi connectivity index (χ3v) is 6.33. The van der Waals surface area contributed by atoms with Crippen LogP contribution in [0.2, 0.25) is 0 Å². The van der Waals surface area contributed by atoms with Gasteiger partial charge in [-0.1, -0.05) is 0 Å². The van der Waals surface area contributed by atoms with Crippen LogP contribution in [-0.4, -0.2) is 18.2 Å². The van der Waals surface area contributed by atoms with Crippen molar-refractivity contribution in [3.05, 3.63) is 63.5 Å². The summed E-state index contributed by atoms with van der Waals surface area (Å²) < 4.78 is 42.0. The summed E-state index contributed by atoms with van der Waals surface area (Å²) in [5.74, 6) is -0.431. The van der Waals surface area contributed by atoms with Gasteiger partial charge in [0.2, 0.25) is 0 Å². The first-order valence-electron chi connectivity index (χ1n) is 7.18. The van der Waals surface area contributed by atoms with Gasteiger partial charge in [0.25, 0.3) is 15.6 Å². The van der Waals surface area contributed by atoms with Gasteiger partial charge in [-0.3, -0.25) is 9.52 Å². The van der Waals surface area contributed by atoms with E-state index in [2.05, 4.69) is 9.82 Å². The largest absolute Gasteiger partial charge is 0.279 e. The highest BCUT2D eigenvalue weighted by Gasteiger charge is 2.19. The van der Waals surface area contributed by atoms with Gasteiger partial charge < -0.3 is 0 Å². The second-order valence-corrected chi connectivity index (χ2v) is 8.22. The van der Waals surface area contributed by atoms with Crippen LogP contribution >= 0.6 is 11.3 Å². The van der Waals surface area contributed by atoms with Crippen LogP contribution in [0.4, 0.5) is 10.1 Å². The summed E-state index contributed by atoms with van der Waals surface area (Å²) in [6.45, 7) is 1.62. The van der Waals surface area contributed by atoms with E-state index in [1.165, 1.54) is 42.1 Å². The quantitative estimate of drug-likeness (QED) is 0.756. The van der Waals surface area contributed by atoms with Crippen LogP contribution in [-0.2, 0) is 17.1 Å². The molecular formula is C16H14FN3O3S2. The zero-order valence-electron chi connectivity index (χ0n) is 13.4. The predicted octanol–water partition coefficient (Wildman–Crippen LogP) is 2.76. The summed E-state index contributed by atoms with van der Waals surface area (Å²) in [5.41, 5.74) is 1.64. The zero-order chi connectivity index (χ0) is 18.2. The van der Waals surface area contributed by atoms with Gasteiger partial charge in [-0.15, -0.1) is 11.3 Å². The molecular weight excluding hydrogens is 365 g/mol. The maximum atomic E-state index is 13.1. The van der Waals surface area contributed by atoms with Crippen molar-refractivity contribution in [3.63, 3.8) is 0 Å². The van der Waals surface area contributed by atoms with E-state index in [0.29, 0.717) is 22.5 Å². The van der Waals surface area contributed by atoms with Gasteiger partial charge in [-0.25, -0.2) is 17.5 Å². The van der Waals surface area contributed by atoms with Gasteiger partial charge in [0.1, 0.15) is 10.0 Å². The van der Waals surface area contributed by atoms with Gasteiger partial charge in [-0.05, 0) is 42.8 Å². The molecule has 0 atom stereocenters. The van der Waals surface area contributed by atoms with E-state index in [1.54, 1.807) is 18.4 Å². The Labute approximate surface area is 147 Å². The molecule has 0 amide bonds. The monoisotopic (exact) mass is 379 g/mol. The third-order valence-electron chi connectivity index (χ3n) is 3.53. The number of rotatable bonds is 4. The molecule has 0 bridgehead atoms. The number of thiophene rings is 1. The van der Waals surface area contributed by atoms with Crippen LogP contribution in [0.3, 0.4) is 0 Å². The molecule has 0 radical (unpaired) electrons. The van der Waals surface area contributed by atoms with E-state index in [0.717, 1.165) is 11.3 Å². The first-order valence-corrected chi connectivity index (χ1v) is 9.55. The molecule has 0 aliphatic heterocycles. The maximum Gasteiger partial charge on any atom is 0.271 e. The van der Waals surface area contributed by atoms with E-state index in [9.17, 15) is 17.6 Å². The standard InChI is InChI=1S/C16H14FN3O3S2/c1-10-7-12(17)3-4-13(10)19-25(22,23)16-8-11(9-24-16)14-5-6-15(21)20(2)18-14/h3-9,19H,1-2H3. The average Bonchev–Trinajstić information content (AvgIpc) is 3.04. The molecule has 3 aromatic rings. The number of halogens is 1. The van der Waals surface area contributed by atoms with Crippen LogP contribution in [0.25, 0.3) is 11.3 Å². The second-order valence-electron chi connectivity index (χ2n) is 5.40. The fourth-order valence-corrected chi connectivity index (χ4v) is 4.49. The highest BCUT2D eigenvalue weighted by molar-refractivity contribution is 7.94. The summed E-state index contributed by atoms with van der Waals surface area (Å²) in [5, 5.41) is 5.75. The molecule has 0 saturated heterocycles. The van der Waals surface area contributed by atoms with Crippen LogP contribution in [0.5, 0.6) is 0 Å². The SMILES string of the molecule is Cc1cc(F)ccc1NS(=O)(=O)c1cc(-c2ccc(=O)n(C)n2)cs1. The van der Waals surface area contributed by atoms with Gasteiger partial charge in [0.15, 0.2) is 0 Å². The molecule has 0 spiro atoms. The molecule has 25 heavy (non-hydrogen) atoms. The Kier molecular flexibility index (Phi) is 4.44. The van der Waals surface area contributed by atoms with E-state index in [4.69, 9.17) is 0 Å². The first-order chi connectivity index (χ1) is 11.8. The lowest BCUT2D eigenvalue weighted by Gasteiger charge is -2.09. The summed E-state index contributed by atoms with van der Waals surface area (Å²) in [6, 6.07) is 8.22. The Balaban J connectivity index is 1.92. The molecule has 0 fully saturated rings. The van der Waals surface area contributed by atoms with Crippen molar-refractivity contribution >= 4 is 27.0 Å². The Hall–Kier alpha value is -2.52. The molecule has 2 aromatic heterocycles. The molecule has 0 saturated carbocycles. The molecule has 0 aliphatic carbocycles. The van der Waals surface area contributed by atoms with Crippen molar-refractivity contribution in [1.29, 1.82) is 0 Å². The number of hydrogen-bond donors (Lipinski definition) is 1. The fraction of sp³-hybridized carbons (Fsp3) is 0.125. The van der Waals surface area contributed by atoms with E-state index >= 15 is 0 Å². The number of sulfonamides is 1. The molecule has 2 heterocycles. The molecule has 0 aliphatic rings. The Bertz CT molecular complexity index is 1100. The van der Waals surface area contributed by atoms with Crippen LogP contribution < -0.4 is 10.3 Å². The average molecular weight is 379 g/mol. The molecule has 3 rings (SSSR count). The van der Waals surface area contributed by atoms with Crippen LogP contribution in [0.1, 0.15) is 5.56 Å². The number of nitrogens with zero attached hydrogens (tertiary/aromatic N) is 2. The zero-order valence-corrected chi connectivity index (χ0v) is 15.0. The van der Waals surface area contributed by atoms with E-state index < -0.39 is 15.8 Å². The number of anilines is 1. The number of aromatic nitrogens is 2. The van der Waals surface area contributed by atoms with Gasteiger partial charge >= 0.3 is 0 Å². The van der Waals surface area contributed by atoms with Gasteiger partial charge in [0, 0.05) is 24.1 Å². The van der Waals surface area contributed by atoms with Crippen LogP contribution in [0, 0.1) is 12.7 Å². The molecule has 1 aromatic carbocycles. The highest BCUT2D eigenvalue weighted by Crippen LogP contribution is 2.29. The Morgan fingerprint density at radius 3 is 2.64 bits per heavy atom. The van der Waals surface area contributed by atoms with Crippen molar-refractivity contribution in [1.82, 2.24) is 9.78 Å². The topological polar surface area (TPSA) is 81.1 Å². The van der Waals surface area contributed by atoms with Crippen molar-refractivity contribution in [2.24, 2.45) is 7.05 Å². The van der Waals surface area contributed by atoms with Crippen molar-refractivity contribution < 1.29 is 12.8 Å². The smallest absolute Gasteiger partial charge is 0.271 e. The lowest BCUT2D eigenvalue weighted by atomic mass is 10.2. The Morgan fingerprint density at radius 2 is 1.96 bits per heavy atom. The summed E-state index contributed by atoms with van der Waals surface area (Å²) >= 11 is 1.04. The van der Waals surface area contributed by atoms with E-state index in [1.807, 2.05) is 0 Å². The number of aryl methyl sites for hydroxylation is 2. The van der Waals surface area contributed by atoms with Gasteiger partial charge in [-0.2, -0.15) is 5.10 Å². The maximum absolute atomic E-state index is 13.1. The van der Waals surface area contributed by atoms with Gasteiger partial charge in [0.05, 0.1) is 11.4 Å². The predicted molar refractivity (Wildman–Crippen MR) is 94.7 cm³/mol. The van der Waals surface area contributed by atoms with E-state index in [-0.39, 0.29) is 9.77 Å². The molecule has 0 unspecified atom stereocenters. The lowest BCUT2D eigenvalue weighted by molar-refractivity contribution is 0.602. The minimum atomic E-state index is -3.80. The number of benzene rings is 1. The molecule has 1 N–H and O–H groups in total. The fourth-order valence-electron chi connectivity index (χ4n) is 2.18. The minimum Gasteiger partial charge on any atom is -0.279 e. The molecule has 6 nitrogen and oxygen atoms in total. The molecule has 130 valence electrons. The molecule has 9 heteroatoms. The highest BCUT2D eigenvalue weighted by atomic mass is 32.2. The normalized spacial score (nSPS) is 11.5. The Morgan fingerprint density at radius 1 is 1.20 bits per heavy atom. The van der Waals surface area contributed by atoms with Crippen molar-refractivity contribution in [2.45, 2.75) is 11.1 Å². The minimum absolute atomic E-state index is 0.0990. The number of hydrogen-bond acceptors (Lipinski definition) is 5. The third kappa shape index (κ3) is 3.62.